The number of carbonyl (C=O) groups is 2. The van der Waals surface area contributed by atoms with Crippen LogP contribution in [0.25, 0.3) is 0 Å². The third-order valence-corrected chi connectivity index (χ3v) is 9.72. The van der Waals surface area contributed by atoms with E-state index < -0.39 is 28.5 Å². The normalized spacial score (nSPS) is 14.4. The van der Waals surface area contributed by atoms with E-state index in [-0.39, 0.29) is 34.1 Å². The monoisotopic (exact) mass is 627 g/mol. The largest absolute Gasteiger partial charge is 0.497 e. The van der Waals surface area contributed by atoms with E-state index >= 15 is 0 Å². The van der Waals surface area contributed by atoms with E-state index in [1.807, 2.05) is 6.07 Å². The quantitative estimate of drug-likeness (QED) is 0.288. The topological polar surface area (TPSA) is 105 Å². The van der Waals surface area contributed by atoms with Crippen molar-refractivity contribution in [2.75, 3.05) is 25.1 Å². The second-order valence-electron chi connectivity index (χ2n) is 10.5. The third-order valence-electron chi connectivity index (χ3n) is 7.64. The summed E-state index contributed by atoms with van der Waals surface area (Å²) in [6, 6.07) is 18.8. The molecule has 11 heteroatoms. The predicted octanol–water partition coefficient (Wildman–Crippen LogP) is 5.42. The van der Waals surface area contributed by atoms with Crippen molar-refractivity contribution in [2.45, 2.75) is 62.6 Å². The Labute approximate surface area is 258 Å². The van der Waals surface area contributed by atoms with Crippen LogP contribution in [0.1, 0.15) is 44.6 Å². The molecule has 4 rings (SSSR count). The molecule has 0 saturated heterocycles. The number of amides is 2. The van der Waals surface area contributed by atoms with Crippen molar-refractivity contribution in [3.05, 3.63) is 83.4 Å². The van der Waals surface area contributed by atoms with Gasteiger partial charge in [0.05, 0.1) is 29.8 Å². The molecule has 0 spiro atoms. The summed E-state index contributed by atoms with van der Waals surface area (Å²) in [5, 5.41) is 3.29. The Bertz CT molecular complexity index is 1510. The standard InChI is InChI=1S/C32H38ClN3O6S/c1-23(32(38)34-25-12-6-4-7-13-25)35(21-24-11-10-14-27(19-24)41-2)31(37)22-36(26-17-18-30(42-3)29(33)20-26)43(39,40)28-15-8-5-9-16-28/h5,8-11,14-20,23,25H,4,6-7,12-13,21-22H2,1-3H3,(H,34,38). The maximum absolute atomic E-state index is 14.2. The number of ether oxygens (including phenoxy) is 2. The van der Waals surface area contributed by atoms with Crippen molar-refractivity contribution in [3.8, 4) is 11.5 Å². The Kier molecular flexibility index (Phi) is 10.9. The first-order valence-electron chi connectivity index (χ1n) is 14.3. The average Bonchev–Trinajstić information content (AvgIpc) is 3.02. The number of hydrogen-bond acceptors (Lipinski definition) is 6. The molecule has 1 atom stereocenters. The van der Waals surface area contributed by atoms with E-state index in [2.05, 4.69) is 5.32 Å². The molecule has 1 aliphatic rings. The molecular formula is C32H38ClN3O6S. The molecule has 0 radical (unpaired) electrons. The molecule has 3 aromatic rings. The van der Waals surface area contributed by atoms with Gasteiger partial charge in [0, 0.05) is 12.6 Å². The average molecular weight is 628 g/mol. The zero-order valence-corrected chi connectivity index (χ0v) is 26.2. The highest BCUT2D eigenvalue weighted by Gasteiger charge is 2.33. The molecule has 3 aromatic carbocycles. The second-order valence-corrected chi connectivity index (χ2v) is 12.8. The lowest BCUT2D eigenvalue weighted by molar-refractivity contribution is -0.139. The lowest BCUT2D eigenvalue weighted by atomic mass is 9.95. The maximum Gasteiger partial charge on any atom is 0.264 e. The minimum Gasteiger partial charge on any atom is -0.497 e. The summed E-state index contributed by atoms with van der Waals surface area (Å²) in [7, 11) is -1.20. The lowest BCUT2D eigenvalue weighted by Crippen LogP contribution is -2.53. The van der Waals surface area contributed by atoms with Crippen LogP contribution in [0.5, 0.6) is 11.5 Å². The van der Waals surface area contributed by atoms with Crippen LogP contribution in [0.4, 0.5) is 5.69 Å². The molecule has 2 amide bonds. The van der Waals surface area contributed by atoms with Gasteiger partial charge in [0.2, 0.25) is 11.8 Å². The van der Waals surface area contributed by atoms with Gasteiger partial charge in [-0.15, -0.1) is 0 Å². The van der Waals surface area contributed by atoms with Gasteiger partial charge in [-0.3, -0.25) is 13.9 Å². The highest BCUT2D eigenvalue weighted by molar-refractivity contribution is 7.92. The van der Waals surface area contributed by atoms with Crippen molar-refractivity contribution >= 4 is 39.1 Å². The molecule has 0 aliphatic heterocycles. The van der Waals surface area contributed by atoms with Gasteiger partial charge in [-0.05, 0) is 67.8 Å². The second kappa shape index (κ2) is 14.6. The van der Waals surface area contributed by atoms with Gasteiger partial charge in [-0.25, -0.2) is 8.42 Å². The number of benzene rings is 3. The van der Waals surface area contributed by atoms with Crippen LogP contribution in [0.3, 0.4) is 0 Å². The summed E-state index contributed by atoms with van der Waals surface area (Å²) >= 11 is 6.38. The van der Waals surface area contributed by atoms with Crippen molar-refractivity contribution < 1.29 is 27.5 Å². The Morgan fingerprint density at radius 3 is 2.33 bits per heavy atom. The first-order chi connectivity index (χ1) is 20.6. The zero-order chi connectivity index (χ0) is 31.0. The third kappa shape index (κ3) is 8.00. The smallest absolute Gasteiger partial charge is 0.264 e. The van der Waals surface area contributed by atoms with Crippen molar-refractivity contribution in [1.82, 2.24) is 10.2 Å². The van der Waals surface area contributed by atoms with Gasteiger partial charge in [-0.2, -0.15) is 0 Å². The molecule has 230 valence electrons. The van der Waals surface area contributed by atoms with Crippen molar-refractivity contribution in [3.63, 3.8) is 0 Å². The highest BCUT2D eigenvalue weighted by atomic mass is 35.5. The molecule has 0 heterocycles. The number of halogens is 1. The first-order valence-corrected chi connectivity index (χ1v) is 16.1. The van der Waals surface area contributed by atoms with Gasteiger partial charge in [0.25, 0.3) is 10.0 Å². The number of carbonyl (C=O) groups excluding carboxylic acids is 2. The Balaban J connectivity index is 1.70. The molecule has 1 saturated carbocycles. The lowest BCUT2D eigenvalue weighted by Gasteiger charge is -2.33. The van der Waals surface area contributed by atoms with Gasteiger partial charge in [0.15, 0.2) is 0 Å². The van der Waals surface area contributed by atoms with E-state index in [4.69, 9.17) is 21.1 Å². The van der Waals surface area contributed by atoms with E-state index in [1.54, 1.807) is 56.5 Å². The van der Waals surface area contributed by atoms with Gasteiger partial charge >= 0.3 is 0 Å². The van der Waals surface area contributed by atoms with Crippen LogP contribution < -0.4 is 19.1 Å². The molecular weight excluding hydrogens is 590 g/mol. The Morgan fingerprint density at radius 2 is 1.67 bits per heavy atom. The van der Waals surface area contributed by atoms with E-state index in [9.17, 15) is 18.0 Å². The van der Waals surface area contributed by atoms with Gasteiger partial charge < -0.3 is 19.7 Å². The summed E-state index contributed by atoms with van der Waals surface area (Å²) in [5.74, 6) is 0.125. The van der Waals surface area contributed by atoms with E-state index in [0.717, 1.165) is 42.0 Å². The SMILES string of the molecule is COc1cccc(CN(C(=O)CN(c2ccc(OC)c(Cl)c2)S(=O)(=O)c2ccccc2)C(C)C(=O)NC2CCCCC2)c1. The van der Waals surface area contributed by atoms with Crippen LogP contribution >= 0.6 is 11.6 Å². The molecule has 43 heavy (non-hydrogen) atoms. The minimum absolute atomic E-state index is 0.0113. The summed E-state index contributed by atoms with van der Waals surface area (Å²) in [6.45, 7) is 1.17. The molecule has 0 aromatic heterocycles. The highest BCUT2D eigenvalue weighted by Crippen LogP contribution is 2.32. The van der Waals surface area contributed by atoms with Gasteiger partial charge in [-0.1, -0.05) is 61.2 Å². The number of rotatable bonds is 12. The van der Waals surface area contributed by atoms with Crippen molar-refractivity contribution in [1.29, 1.82) is 0 Å². The van der Waals surface area contributed by atoms with E-state index in [1.165, 1.54) is 36.3 Å². The van der Waals surface area contributed by atoms with Crippen LogP contribution in [0, 0.1) is 0 Å². The molecule has 1 unspecified atom stereocenters. The van der Waals surface area contributed by atoms with E-state index in [0.29, 0.717) is 11.5 Å². The fourth-order valence-corrected chi connectivity index (χ4v) is 6.86. The Morgan fingerprint density at radius 1 is 0.953 bits per heavy atom. The van der Waals surface area contributed by atoms with Gasteiger partial charge in [0.1, 0.15) is 24.1 Å². The Hall–Kier alpha value is -3.76. The number of sulfonamides is 1. The first kappa shape index (κ1) is 32.2. The molecule has 9 nitrogen and oxygen atoms in total. The van der Waals surface area contributed by atoms with Crippen molar-refractivity contribution in [2.24, 2.45) is 0 Å². The number of methoxy groups -OCH3 is 2. The molecule has 1 N–H and O–H groups in total. The van der Waals surface area contributed by atoms with Crippen LogP contribution in [0.2, 0.25) is 5.02 Å². The molecule has 1 aliphatic carbocycles. The minimum atomic E-state index is -4.21. The summed E-state index contributed by atoms with van der Waals surface area (Å²) < 4.78 is 39.5. The molecule has 1 fully saturated rings. The fraction of sp³-hybridized carbons (Fsp3) is 0.375. The molecule has 0 bridgehead atoms. The summed E-state index contributed by atoms with van der Waals surface area (Å²) in [5.41, 5.74) is 0.915. The van der Waals surface area contributed by atoms with Crippen LogP contribution in [0.15, 0.2) is 77.7 Å². The fourth-order valence-electron chi connectivity index (χ4n) is 5.18. The number of nitrogens with one attached hydrogen (secondary N) is 1. The van der Waals surface area contributed by atoms with Crippen LogP contribution in [-0.4, -0.2) is 58.0 Å². The zero-order valence-electron chi connectivity index (χ0n) is 24.7. The van der Waals surface area contributed by atoms with Crippen LogP contribution in [-0.2, 0) is 26.2 Å². The summed E-state index contributed by atoms with van der Waals surface area (Å²) in [6.07, 6.45) is 5.02. The number of anilines is 1. The predicted molar refractivity (Wildman–Crippen MR) is 167 cm³/mol. The maximum atomic E-state index is 14.2. The number of nitrogens with zero attached hydrogens (tertiary/aromatic N) is 2. The summed E-state index contributed by atoms with van der Waals surface area (Å²) in [4.78, 5) is 29.0. The number of hydrogen-bond donors (Lipinski definition) is 1.